The molecule has 3 N–H and O–H groups in total. The molecule has 1 saturated heterocycles. The van der Waals surface area contributed by atoms with Gasteiger partial charge in [-0.1, -0.05) is 5.16 Å². The lowest BCUT2D eigenvalue weighted by molar-refractivity contribution is 0.200. The molecule has 0 saturated carbocycles. The normalized spacial score (nSPS) is 17.5. The van der Waals surface area contributed by atoms with Gasteiger partial charge in [-0.25, -0.2) is 4.79 Å². The van der Waals surface area contributed by atoms with Crippen molar-refractivity contribution >= 4 is 34.6 Å². The molecule has 11 heteroatoms. The first kappa shape index (κ1) is 17.1. The van der Waals surface area contributed by atoms with Crippen LogP contribution in [0.1, 0.15) is 12.7 Å². The number of amides is 2. The predicted octanol–water partition coefficient (Wildman–Crippen LogP) is 0.985. The number of urea groups is 1. The van der Waals surface area contributed by atoms with Gasteiger partial charge in [0, 0.05) is 38.8 Å². The number of rotatable bonds is 2. The van der Waals surface area contributed by atoms with Gasteiger partial charge in [0.05, 0.1) is 11.6 Å². The predicted molar refractivity (Wildman–Crippen MR) is 99.4 cm³/mol. The van der Waals surface area contributed by atoms with Crippen LogP contribution in [0, 0.1) is 6.92 Å². The zero-order chi connectivity index (χ0) is 19.1. The van der Waals surface area contributed by atoms with Crippen molar-refractivity contribution in [2.45, 2.75) is 19.9 Å². The Morgan fingerprint density at radius 1 is 1.37 bits per heavy atom. The van der Waals surface area contributed by atoms with Gasteiger partial charge in [-0.05, 0) is 13.8 Å². The molecule has 2 amide bonds. The molecule has 0 aromatic carbocycles. The highest BCUT2D eigenvalue weighted by atomic mass is 16.5. The van der Waals surface area contributed by atoms with E-state index in [1.807, 2.05) is 14.0 Å². The number of aromatic nitrogens is 5. The summed E-state index contributed by atoms with van der Waals surface area (Å²) in [6, 6.07) is 1.52. The van der Waals surface area contributed by atoms with Crippen molar-refractivity contribution in [2.24, 2.45) is 7.05 Å². The number of anilines is 3. The van der Waals surface area contributed by atoms with Crippen LogP contribution in [-0.4, -0.2) is 61.5 Å². The monoisotopic (exact) mass is 371 g/mol. The molecule has 27 heavy (non-hydrogen) atoms. The first-order chi connectivity index (χ1) is 12.9. The van der Waals surface area contributed by atoms with Crippen molar-refractivity contribution < 1.29 is 9.32 Å². The lowest BCUT2D eigenvalue weighted by Crippen LogP contribution is -2.55. The van der Waals surface area contributed by atoms with Crippen LogP contribution in [-0.2, 0) is 7.05 Å². The summed E-state index contributed by atoms with van der Waals surface area (Å²) in [4.78, 5) is 25.1. The van der Waals surface area contributed by atoms with Gasteiger partial charge in [0.25, 0.3) is 0 Å². The van der Waals surface area contributed by atoms with Gasteiger partial charge in [0.15, 0.2) is 11.5 Å². The maximum Gasteiger partial charge on any atom is 0.323 e. The largest absolute Gasteiger partial charge is 0.368 e. The smallest absolute Gasteiger partial charge is 0.323 e. The molecule has 4 rings (SSSR count). The highest BCUT2D eigenvalue weighted by molar-refractivity contribution is 5.90. The zero-order valence-electron chi connectivity index (χ0n) is 15.4. The Bertz CT molecular complexity index is 995. The number of nitrogens with one attached hydrogen (secondary N) is 1. The Labute approximate surface area is 155 Å². The number of aryl methyl sites for hydroxylation is 2. The van der Waals surface area contributed by atoms with Gasteiger partial charge in [-0.15, -0.1) is 0 Å². The van der Waals surface area contributed by atoms with E-state index in [2.05, 4.69) is 30.4 Å². The first-order valence-electron chi connectivity index (χ1n) is 8.63. The second-order valence-electron chi connectivity index (χ2n) is 6.65. The number of nitrogen functional groups attached to an aromatic ring is 1. The molecule has 0 radical (unpaired) electrons. The Morgan fingerprint density at radius 3 is 2.89 bits per heavy atom. The molecule has 142 valence electrons. The van der Waals surface area contributed by atoms with Crippen LogP contribution in [0.25, 0.3) is 11.0 Å². The molecule has 3 aromatic rings. The third-order valence-electron chi connectivity index (χ3n) is 4.64. The molecule has 1 aliphatic rings. The van der Waals surface area contributed by atoms with Crippen molar-refractivity contribution in [3.8, 4) is 0 Å². The van der Waals surface area contributed by atoms with Gasteiger partial charge in [-0.2, -0.15) is 15.1 Å². The Balaban J connectivity index is 1.51. The average Bonchev–Trinajstić information content (AvgIpc) is 3.20. The molecule has 3 aromatic heterocycles. The second-order valence-corrected chi connectivity index (χ2v) is 6.65. The summed E-state index contributed by atoms with van der Waals surface area (Å²) < 4.78 is 6.65. The summed E-state index contributed by atoms with van der Waals surface area (Å²) >= 11 is 0. The number of hydrogen-bond donors (Lipinski definition) is 2. The van der Waals surface area contributed by atoms with E-state index in [-0.39, 0.29) is 18.0 Å². The quantitative estimate of drug-likeness (QED) is 0.681. The number of fused-ring (bicyclic) bond motifs is 1. The van der Waals surface area contributed by atoms with E-state index in [0.717, 1.165) is 11.2 Å². The number of hydrogen-bond acceptors (Lipinski definition) is 8. The van der Waals surface area contributed by atoms with E-state index in [1.54, 1.807) is 28.8 Å². The Kier molecular flexibility index (Phi) is 4.05. The second kappa shape index (κ2) is 6.41. The van der Waals surface area contributed by atoms with E-state index < -0.39 is 0 Å². The molecular formula is C16H21N9O2. The number of nitrogens with two attached hydrogens (primary N) is 1. The summed E-state index contributed by atoms with van der Waals surface area (Å²) in [5, 5.41) is 11.6. The molecule has 11 nitrogen and oxygen atoms in total. The Hall–Kier alpha value is -3.37. The standard InChI is InChI=1S/C16H21N9O2/c1-9-8-24(16(26)19-12-6-10(2)27-22-12)4-5-25(9)14-11-7-18-23(3)13(11)20-15(17)21-14/h6-7,9H,4-5,8H2,1-3H3,(H2,17,20,21)(H,19,22,26)/t9-/m0/s1. The molecule has 0 unspecified atom stereocenters. The lowest BCUT2D eigenvalue weighted by atomic mass is 10.2. The van der Waals surface area contributed by atoms with Crippen LogP contribution in [0.2, 0.25) is 0 Å². The number of nitrogens with zero attached hydrogens (tertiary/aromatic N) is 7. The van der Waals surface area contributed by atoms with Crippen molar-refractivity contribution in [3.05, 3.63) is 18.0 Å². The highest BCUT2D eigenvalue weighted by Crippen LogP contribution is 2.27. The fourth-order valence-corrected chi connectivity index (χ4v) is 3.31. The van der Waals surface area contributed by atoms with Gasteiger partial charge in [0.1, 0.15) is 11.6 Å². The van der Waals surface area contributed by atoms with E-state index in [4.69, 9.17) is 10.3 Å². The van der Waals surface area contributed by atoms with Gasteiger partial charge in [-0.3, -0.25) is 10.00 Å². The van der Waals surface area contributed by atoms with Crippen LogP contribution in [0.5, 0.6) is 0 Å². The van der Waals surface area contributed by atoms with Crippen LogP contribution in [0.4, 0.5) is 22.4 Å². The minimum atomic E-state index is -0.205. The fraction of sp³-hybridized carbons (Fsp3) is 0.438. The molecule has 1 atom stereocenters. The summed E-state index contributed by atoms with van der Waals surface area (Å²) in [5.41, 5.74) is 6.57. The van der Waals surface area contributed by atoms with E-state index in [1.165, 1.54) is 0 Å². The molecule has 4 heterocycles. The topological polar surface area (TPSA) is 131 Å². The summed E-state index contributed by atoms with van der Waals surface area (Å²) in [6.45, 7) is 5.51. The van der Waals surface area contributed by atoms with E-state index in [0.29, 0.717) is 36.9 Å². The van der Waals surface area contributed by atoms with Gasteiger partial charge >= 0.3 is 6.03 Å². The maximum atomic E-state index is 12.5. The molecule has 0 aliphatic carbocycles. The summed E-state index contributed by atoms with van der Waals surface area (Å²) in [6.07, 6.45) is 1.74. The van der Waals surface area contributed by atoms with Crippen LogP contribution in [0.15, 0.2) is 16.8 Å². The molecule has 1 fully saturated rings. The number of carbonyl (C=O) groups is 1. The first-order valence-corrected chi connectivity index (χ1v) is 8.63. The van der Waals surface area contributed by atoms with Crippen molar-refractivity contribution in [1.29, 1.82) is 0 Å². The molecule has 1 aliphatic heterocycles. The van der Waals surface area contributed by atoms with Crippen molar-refractivity contribution in [3.63, 3.8) is 0 Å². The zero-order valence-corrected chi connectivity index (χ0v) is 15.4. The third kappa shape index (κ3) is 3.11. The highest BCUT2D eigenvalue weighted by Gasteiger charge is 2.29. The molecule has 0 bridgehead atoms. The van der Waals surface area contributed by atoms with Gasteiger partial charge in [0.2, 0.25) is 5.95 Å². The lowest BCUT2D eigenvalue weighted by Gasteiger charge is -2.40. The van der Waals surface area contributed by atoms with Gasteiger partial charge < -0.3 is 20.1 Å². The van der Waals surface area contributed by atoms with Crippen LogP contribution < -0.4 is 16.0 Å². The van der Waals surface area contributed by atoms with E-state index >= 15 is 0 Å². The molecular weight excluding hydrogens is 350 g/mol. The maximum absolute atomic E-state index is 12.5. The SMILES string of the molecule is Cc1cc(NC(=O)N2CCN(c3nc(N)nc4c3cnn4C)[C@@H](C)C2)no1. The van der Waals surface area contributed by atoms with Crippen molar-refractivity contribution in [2.75, 3.05) is 35.6 Å². The third-order valence-corrected chi connectivity index (χ3v) is 4.64. The fourth-order valence-electron chi connectivity index (χ4n) is 3.31. The Morgan fingerprint density at radius 2 is 2.19 bits per heavy atom. The molecule has 0 spiro atoms. The number of carbonyl (C=O) groups excluding carboxylic acids is 1. The van der Waals surface area contributed by atoms with E-state index in [9.17, 15) is 4.79 Å². The summed E-state index contributed by atoms with van der Waals surface area (Å²) in [5.74, 6) is 2.00. The van der Waals surface area contributed by atoms with Crippen LogP contribution in [0.3, 0.4) is 0 Å². The minimum absolute atomic E-state index is 0.0428. The van der Waals surface area contributed by atoms with Crippen LogP contribution >= 0.6 is 0 Å². The van der Waals surface area contributed by atoms with Crippen molar-refractivity contribution in [1.82, 2.24) is 29.8 Å². The minimum Gasteiger partial charge on any atom is -0.368 e. The number of piperazine rings is 1. The average molecular weight is 371 g/mol. The summed E-state index contributed by atoms with van der Waals surface area (Å²) in [7, 11) is 1.82.